The van der Waals surface area contributed by atoms with Gasteiger partial charge in [0.2, 0.25) is 0 Å². The lowest BCUT2D eigenvalue weighted by Crippen LogP contribution is -2.16. The fourth-order valence-corrected chi connectivity index (χ4v) is 2.02. The van der Waals surface area contributed by atoms with Crippen molar-refractivity contribution in [2.75, 3.05) is 6.67 Å². The Balaban J connectivity index is 2.07. The molecule has 0 N–H and O–H groups in total. The van der Waals surface area contributed by atoms with E-state index in [0.717, 1.165) is 11.6 Å². The summed E-state index contributed by atoms with van der Waals surface area (Å²) in [7, 11) is 0. The van der Waals surface area contributed by atoms with Crippen molar-refractivity contribution in [3.05, 3.63) is 65.5 Å². The highest BCUT2D eigenvalue weighted by Gasteiger charge is 2.18. The van der Waals surface area contributed by atoms with Gasteiger partial charge in [-0.25, -0.2) is 8.78 Å². The Morgan fingerprint density at radius 1 is 1.19 bits per heavy atom. The molecule has 5 heteroatoms. The summed E-state index contributed by atoms with van der Waals surface area (Å²) in [5.74, 6) is -1.08. The molecule has 2 aromatic carbocycles. The van der Waals surface area contributed by atoms with Gasteiger partial charge in [-0.1, -0.05) is 46.3 Å². The third-order valence-electron chi connectivity index (χ3n) is 2.87. The quantitative estimate of drug-likeness (QED) is 0.570. The second-order valence-corrected chi connectivity index (χ2v) is 5.51. The van der Waals surface area contributed by atoms with Crippen LogP contribution < -0.4 is 4.74 Å². The van der Waals surface area contributed by atoms with E-state index in [0.29, 0.717) is 0 Å². The molecular formula is C16H13BrF2O2. The van der Waals surface area contributed by atoms with Crippen LogP contribution in [0, 0.1) is 5.82 Å². The lowest BCUT2D eigenvalue weighted by Gasteiger charge is -2.09. The number of hydrogen-bond acceptors (Lipinski definition) is 2. The smallest absolute Gasteiger partial charge is 0.179 e. The van der Waals surface area contributed by atoms with Crippen molar-refractivity contribution >= 4 is 21.7 Å². The topological polar surface area (TPSA) is 26.3 Å². The minimum absolute atomic E-state index is 0.0572. The molecule has 2 aromatic rings. The number of benzene rings is 2. The van der Waals surface area contributed by atoms with Crippen LogP contribution in [0.25, 0.3) is 0 Å². The highest BCUT2D eigenvalue weighted by molar-refractivity contribution is 9.10. The Labute approximate surface area is 129 Å². The maximum absolute atomic E-state index is 13.9. The molecule has 0 bridgehead atoms. The second kappa shape index (κ2) is 7.31. The SMILES string of the molecule is O=C(c1ccc(OCc2ccccc2)c(F)c1)C(Br)CF. The number of halogens is 3. The third kappa shape index (κ3) is 4.11. The number of rotatable bonds is 6. The first-order valence-corrected chi connectivity index (χ1v) is 7.24. The Morgan fingerprint density at radius 3 is 2.52 bits per heavy atom. The highest BCUT2D eigenvalue weighted by atomic mass is 79.9. The predicted molar refractivity (Wildman–Crippen MR) is 80.2 cm³/mol. The highest BCUT2D eigenvalue weighted by Crippen LogP contribution is 2.21. The number of Topliss-reactive ketones (excluding diaryl/α,β-unsaturated/α-hetero) is 1. The Hall–Kier alpha value is -1.75. The van der Waals surface area contributed by atoms with Crippen molar-refractivity contribution in [1.29, 1.82) is 0 Å². The lowest BCUT2D eigenvalue weighted by molar-refractivity contribution is 0.0983. The average molecular weight is 355 g/mol. The molecule has 0 aliphatic rings. The second-order valence-electron chi connectivity index (χ2n) is 4.41. The van der Waals surface area contributed by atoms with Gasteiger partial charge in [0.1, 0.15) is 18.1 Å². The number of ether oxygens (including phenoxy) is 1. The minimum atomic E-state index is -0.951. The first-order chi connectivity index (χ1) is 10.1. The van der Waals surface area contributed by atoms with Crippen LogP contribution in [0.5, 0.6) is 5.75 Å². The maximum atomic E-state index is 13.9. The molecular weight excluding hydrogens is 342 g/mol. The molecule has 0 radical (unpaired) electrons. The van der Waals surface area contributed by atoms with Crippen molar-refractivity contribution in [1.82, 2.24) is 0 Å². The van der Waals surface area contributed by atoms with E-state index in [1.807, 2.05) is 30.3 Å². The molecule has 0 aliphatic carbocycles. The Bertz CT molecular complexity index is 617. The molecule has 0 heterocycles. The molecule has 0 fully saturated rings. The van der Waals surface area contributed by atoms with E-state index in [4.69, 9.17) is 4.74 Å². The number of hydrogen-bond donors (Lipinski definition) is 0. The summed E-state index contributed by atoms with van der Waals surface area (Å²) in [4.78, 5) is 10.8. The molecule has 0 saturated heterocycles. The molecule has 0 aliphatic heterocycles. The van der Waals surface area contributed by atoms with Gasteiger partial charge < -0.3 is 4.74 Å². The summed E-state index contributed by atoms with van der Waals surface area (Å²) in [5.41, 5.74) is 1.02. The Kier molecular flexibility index (Phi) is 5.44. The van der Waals surface area contributed by atoms with Crippen LogP contribution in [-0.4, -0.2) is 17.3 Å². The van der Waals surface area contributed by atoms with Crippen molar-refractivity contribution < 1.29 is 18.3 Å². The molecule has 0 spiro atoms. The van der Waals surface area contributed by atoms with Crippen LogP contribution >= 0.6 is 15.9 Å². The Morgan fingerprint density at radius 2 is 1.90 bits per heavy atom. The minimum Gasteiger partial charge on any atom is -0.486 e. The summed E-state index contributed by atoms with van der Waals surface area (Å²) < 4.78 is 31.7. The fourth-order valence-electron chi connectivity index (χ4n) is 1.76. The van der Waals surface area contributed by atoms with Crippen molar-refractivity contribution in [3.63, 3.8) is 0 Å². The zero-order valence-corrected chi connectivity index (χ0v) is 12.6. The summed E-state index contributed by atoms with van der Waals surface area (Å²) in [5, 5.41) is 0. The van der Waals surface area contributed by atoms with E-state index in [9.17, 15) is 13.6 Å². The number of carbonyl (C=O) groups excluding carboxylic acids is 1. The number of carbonyl (C=O) groups is 1. The van der Waals surface area contributed by atoms with Crippen LogP contribution in [0.1, 0.15) is 15.9 Å². The van der Waals surface area contributed by atoms with Crippen LogP contribution in [0.15, 0.2) is 48.5 Å². The first-order valence-electron chi connectivity index (χ1n) is 6.32. The van der Waals surface area contributed by atoms with Gasteiger partial charge in [-0.2, -0.15) is 0 Å². The summed E-state index contributed by atoms with van der Waals surface area (Å²) in [6.07, 6.45) is 0. The summed E-state index contributed by atoms with van der Waals surface area (Å²) >= 11 is 2.91. The molecule has 110 valence electrons. The van der Waals surface area contributed by atoms with Crippen LogP contribution in [-0.2, 0) is 6.61 Å². The van der Waals surface area contributed by atoms with Gasteiger partial charge in [0.15, 0.2) is 17.3 Å². The van der Waals surface area contributed by atoms with Gasteiger partial charge in [-0.05, 0) is 23.8 Å². The average Bonchev–Trinajstić information content (AvgIpc) is 2.53. The van der Waals surface area contributed by atoms with E-state index >= 15 is 0 Å². The normalized spacial score (nSPS) is 12.0. The number of ketones is 1. The van der Waals surface area contributed by atoms with Gasteiger partial charge in [0.05, 0.1) is 0 Å². The van der Waals surface area contributed by atoms with E-state index in [1.165, 1.54) is 12.1 Å². The molecule has 2 nitrogen and oxygen atoms in total. The van der Waals surface area contributed by atoms with Crippen LogP contribution in [0.4, 0.5) is 8.78 Å². The summed E-state index contributed by atoms with van der Waals surface area (Å²) in [6, 6.07) is 13.2. The van der Waals surface area contributed by atoms with Gasteiger partial charge in [-0.3, -0.25) is 4.79 Å². The van der Waals surface area contributed by atoms with Crippen LogP contribution in [0.2, 0.25) is 0 Å². The number of alkyl halides is 2. The fraction of sp³-hybridized carbons (Fsp3) is 0.188. The molecule has 1 atom stereocenters. The predicted octanol–water partition coefficient (Wildman–Crippen LogP) is 4.32. The lowest BCUT2D eigenvalue weighted by atomic mass is 10.1. The van der Waals surface area contributed by atoms with E-state index in [-0.39, 0.29) is 17.9 Å². The molecule has 0 aromatic heterocycles. The maximum Gasteiger partial charge on any atom is 0.179 e. The van der Waals surface area contributed by atoms with Gasteiger partial charge in [0.25, 0.3) is 0 Å². The largest absolute Gasteiger partial charge is 0.486 e. The molecule has 1 unspecified atom stereocenters. The van der Waals surface area contributed by atoms with Crippen molar-refractivity contribution in [2.45, 2.75) is 11.4 Å². The van der Waals surface area contributed by atoms with Gasteiger partial charge >= 0.3 is 0 Å². The zero-order valence-electron chi connectivity index (χ0n) is 11.1. The van der Waals surface area contributed by atoms with Gasteiger partial charge in [-0.15, -0.1) is 0 Å². The molecule has 21 heavy (non-hydrogen) atoms. The van der Waals surface area contributed by atoms with E-state index in [1.54, 1.807) is 0 Å². The van der Waals surface area contributed by atoms with Crippen molar-refractivity contribution in [3.8, 4) is 5.75 Å². The van der Waals surface area contributed by atoms with Crippen LogP contribution in [0.3, 0.4) is 0 Å². The molecule has 0 amide bonds. The zero-order chi connectivity index (χ0) is 15.2. The third-order valence-corrected chi connectivity index (χ3v) is 3.53. The standard InChI is InChI=1S/C16H13BrF2O2/c17-13(9-18)16(20)12-6-7-15(14(19)8-12)21-10-11-4-2-1-3-5-11/h1-8,13H,9-10H2. The van der Waals surface area contributed by atoms with E-state index < -0.39 is 23.1 Å². The summed E-state index contributed by atoms with van der Waals surface area (Å²) in [6.45, 7) is -0.608. The van der Waals surface area contributed by atoms with Crippen molar-refractivity contribution in [2.24, 2.45) is 0 Å². The monoisotopic (exact) mass is 354 g/mol. The first kappa shape index (κ1) is 15.6. The molecule has 0 saturated carbocycles. The van der Waals surface area contributed by atoms with Gasteiger partial charge in [0, 0.05) is 5.56 Å². The van der Waals surface area contributed by atoms with E-state index in [2.05, 4.69) is 15.9 Å². The molecule has 2 rings (SSSR count).